The van der Waals surface area contributed by atoms with E-state index in [-0.39, 0.29) is 6.10 Å². The quantitative estimate of drug-likeness (QED) is 0.577. The topological polar surface area (TPSA) is 45.0 Å². The van der Waals surface area contributed by atoms with Gasteiger partial charge in [0.25, 0.3) is 0 Å². The van der Waals surface area contributed by atoms with Gasteiger partial charge < -0.3 is 18.8 Å². The summed E-state index contributed by atoms with van der Waals surface area (Å²) in [7, 11) is 3.37. The first-order chi connectivity index (χ1) is 14.2. The average Bonchev–Trinajstić information content (AvgIpc) is 3.40. The summed E-state index contributed by atoms with van der Waals surface area (Å²) in [5.41, 5.74) is 4.23. The zero-order valence-electron chi connectivity index (χ0n) is 17.1. The van der Waals surface area contributed by atoms with Gasteiger partial charge in [-0.25, -0.2) is 4.99 Å². The van der Waals surface area contributed by atoms with Crippen LogP contribution in [-0.2, 0) is 11.3 Å². The first kappa shape index (κ1) is 19.7. The van der Waals surface area contributed by atoms with E-state index in [1.807, 2.05) is 18.2 Å². The minimum atomic E-state index is 0.205. The standard InChI is InChI=1S/C23H26N2O3S/c1-16-6-8-17(9-7-16)24-23-25(14-19-5-4-12-28-19)21(15-29-23)20-13-18(26-2)10-11-22(20)27-3/h6-11,13,15,19H,4-5,12,14H2,1-3H3. The van der Waals surface area contributed by atoms with Crippen molar-refractivity contribution in [3.63, 3.8) is 0 Å². The molecule has 3 aromatic rings. The molecule has 0 bridgehead atoms. The van der Waals surface area contributed by atoms with Gasteiger partial charge in [0.2, 0.25) is 0 Å². The average molecular weight is 411 g/mol. The maximum absolute atomic E-state index is 5.93. The number of aryl methyl sites for hydroxylation is 1. The third kappa shape index (κ3) is 4.38. The highest BCUT2D eigenvalue weighted by Gasteiger charge is 2.20. The van der Waals surface area contributed by atoms with Gasteiger partial charge in [0.1, 0.15) is 11.5 Å². The lowest BCUT2D eigenvalue weighted by Gasteiger charge is -2.16. The second kappa shape index (κ2) is 8.84. The Morgan fingerprint density at radius 3 is 2.66 bits per heavy atom. The number of methoxy groups -OCH3 is 2. The van der Waals surface area contributed by atoms with Crippen molar-refractivity contribution in [2.24, 2.45) is 4.99 Å². The summed E-state index contributed by atoms with van der Waals surface area (Å²) in [5.74, 6) is 1.61. The van der Waals surface area contributed by atoms with E-state index < -0.39 is 0 Å². The molecule has 5 nitrogen and oxygen atoms in total. The maximum atomic E-state index is 5.93. The lowest BCUT2D eigenvalue weighted by Crippen LogP contribution is -2.24. The van der Waals surface area contributed by atoms with Gasteiger partial charge in [0, 0.05) is 17.6 Å². The maximum Gasteiger partial charge on any atom is 0.190 e. The molecule has 0 aliphatic carbocycles. The molecule has 1 aliphatic rings. The Morgan fingerprint density at radius 2 is 1.97 bits per heavy atom. The second-order valence-electron chi connectivity index (χ2n) is 7.16. The Morgan fingerprint density at radius 1 is 1.14 bits per heavy atom. The predicted molar refractivity (Wildman–Crippen MR) is 116 cm³/mol. The van der Waals surface area contributed by atoms with E-state index in [1.54, 1.807) is 25.6 Å². The molecule has 0 spiro atoms. The van der Waals surface area contributed by atoms with Crippen molar-refractivity contribution < 1.29 is 14.2 Å². The summed E-state index contributed by atoms with van der Waals surface area (Å²) in [4.78, 5) is 5.87. The summed E-state index contributed by atoms with van der Waals surface area (Å²) >= 11 is 1.63. The molecule has 1 aromatic heterocycles. The van der Waals surface area contributed by atoms with Gasteiger partial charge in [0.05, 0.1) is 38.2 Å². The van der Waals surface area contributed by atoms with Crippen LogP contribution in [-0.4, -0.2) is 31.5 Å². The van der Waals surface area contributed by atoms with Gasteiger partial charge in [-0.05, 0) is 50.1 Å². The van der Waals surface area contributed by atoms with E-state index in [0.717, 1.165) is 59.2 Å². The molecule has 1 fully saturated rings. The highest BCUT2D eigenvalue weighted by molar-refractivity contribution is 7.07. The zero-order valence-corrected chi connectivity index (χ0v) is 17.9. The van der Waals surface area contributed by atoms with Crippen molar-refractivity contribution >= 4 is 17.0 Å². The van der Waals surface area contributed by atoms with Gasteiger partial charge in [-0.15, -0.1) is 11.3 Å². The van der Waals surface area contributed by atoms with Crippen LogP contribution < -0.4 is 14.3 Å². The molecule has 29 heavy (non-hydrogen) atoms. The first-order valence-corrected chi connectivity index (χ1v) is 10.7. The Bertz CT molecular complexity index is 1030. The Labute approximate surface area is 175 Å². The zero-order chi connectivity index (χ0) is 20.2. The molecular formula is C23H26N2O3S. The molecule has 0 radical (unpaired) electrons. The van der Waals surface area contributed by atoms with Gasteiger partial charge in [-0.2, -0.15) is 0 Å². The fraction of sp³-hybridized carbons (Fsp3) is 0.348. The van der Waals surface area contributed by atoms with Crippen LogP contribution in [0.25, 0.3) is 11.3 Å². The minimum Gasteiger partial charge on any atom is -0.497 e. The Hall–Kier alpha value is -2.57. The molecule has 0 amide bonds. The molecule has 2 heterocycles. The van der Waals surface area contributed by atoms with Gasteiger partial charge in [-0.1, -0.05) is 17.7 Å². The van der Waals surface area contributed by atoms with Crippen LogP contribution in [0.2, 0.25) is 0 Å². The van der Waals surface area contributed by atoms with Gasteiger partial charge >= 0.3 is 0 Å². The fourth-order valence-corrected chi connectivity index (χ4v) is 4.48. The summed E-state index contributed by atoms with van der Waals surface area (Å²) < 4.78 is 19.3. The van der Waals surface area contributed by atoms with Crippen molar-refractivity contribution in [3.05, 3.63) is 58.2 Å². The number of benzene rings is 2. The third-order valence-electron chi connectivity index (χ3n) is 5.15. The molecule has 1 unspecified atom stereocenters. The summed E-state index contributed by atoms with van der Waals surface area (Å²) in [6.07, 6.45) is 2.39. The predicted octanol–water partition coefficient (Wildman–Crippen LogP) is 4.95. The molecule has 2 aromatic carbocycles. The fourth-order valence-electron chi connectivity index (χ4n) is 3.55. The Kier molecular flexibility index (Phi) is 6.02. The lowest BCUT2D eigenvalue weighted by molar-refractivity contribution is 0.0968. The van der Waals surface area contributed by atoms with Crippen molar-refractivity contribution in [2.75, 3.05) is 20.8 Å². The van der Waals surface area contributed by atoms with E-state index in [2.05, 4.69) is 41.1 Å². The SMILES string of the molecule is COc1ccc(OC)c(-c2csc(=Nc3ccc(C)cc3)n2CC2CCCO2)c1. The van der Waals surface area contributed by atoms with Crippen molar-refractivity contribution in [3.8, 4) is 22.8 Å². The van der Waals surface area contributed by atoms with E-state index in [4.69, 9.17) is 19.2 Å². The van der Waals surface area contributed by atoms with Crippen LogP contribution in [0.1, 0.15) is 18.4 Å². The van der Waals surface area contributed by atoms with E-state index >= 15 is 0 Å². The number of hydrogen-bond acceptors (Lipinski definition) is 5. The minimum absolute atomic E-state index is 0.205. The van der Waals surface area contributed by atoms with Crippen molar-refractivity contribution in [1.82, 2.24) is 4.57 Å². The third-order valence-corrected chi connectivity index (χ3v) is 6.01. The monoisotopic (exact) mass is 410 g/mol. The van der Waals surface area contributed by atoms with Crippen LogP contribution in [0.15, 0.2) is 52.8 Å². The second-order valence-corrected chi connectivity index (χ2v) is 8.00. The van der Waals surface area contributed by atoms with Gasteiger partial charge in [0.15, 0.2) is 4.80 Å². The molecule has 0 N–H and O–H groups in total. The molecule has 6 heteroatoms. The van der Waals surface area contributed by atoms with Gasteiger partial charge in [-0.3, -0.25) is 0 Å². The largest absolute Gasteiger partial charge is 0.497 e. The lowest BCUT2D eigenvalue weighted by atomic mass is 10.1. The van der Waals surface area contributed by atoms with Crippen LogP contribution in [0, 0.1) is 6.92 Å². The number of aromatic nitrogens is 1. The summed E-state index contributed by atoms with van der Waals surface area (Å²) in [6.45, 7) is 3.68. The number of ether oxygens (including phenoxy) is 3. The molecule has 152 valence electrons. The van der Waals surface area contributed by atoms with Crippen LogP contribution in [0.5, 0.6) is 11.5 Å². The Balaban J connectivity index is 1.84. The first-order valence-electron chi connectivity index (χ1n) is 9.81. The van der Waals surface area contributed by atoms with Crippen molar-refractivity contribution in [2.45, 2.75) is 32.4 Å². The molecular weight excluding hydrogens is 384 g/mol. The summed E-state index contributed by atoms with van der Waals surface area (Å²) in [6, 6.07) is 14.2. The van der Waals surface area contributed by atoms with Crippen LogP contribution in [0.4, 0.5) is 5.69 Å². The highest BCUT2D eigenvalue weighted by atomic mass is 32.1. The number of nitrogens with zero attached hydrogens (tertiary/aromatic N) is 2. The highest BCUT2D eigenvalue weighted by Crippen LogP contribution is 2.34. The van der Waals surface area contributed by atoms with Crippen LogP contribution >= 0.6 is 11.3 Å². The number of thiazole rings is 1. The van der Waals surface area contributed by atoms with Crippen molar-refractivity contribution in [1.29, 1.82) is 0 Å². The molecule has 0 saturated carbocycles. The van der Waals surface area contributed by atoms with E-state index in [9.17, 15) is 0 Å². The number of hydrogen-bond donors (Lipinski definition) is 0. The molecule has 1 saturated heterocycles. The van der Waals surface area contributed by atoms with E-state index in [1.165, 1.54) is 5.56 Å². The summed E-state index contributed by atoms with van der Waals surface area (Å²) in [5, 5.41) is 2.14. The molecule has 4 rings (SSSR count). The molecule has 1 aliphatic heterocycles. The van der Waals surface area contributed by atoms with E-state index in [0.29, 0.717) is 0 Å². The van der Waals surface area contributed by atoms with Crippen LogP contribution in [0.3, 0.4) is 0 Å². The molecule has 1 atom stereocenters. The normalized spacial score (nSPS) is 16.9. The smallest absolute Gasteiger partial charge is 0.190 e. The number of rotatable bonds is 6.